The molecule has 0 bridgehead atoms. The quantitative estimate of drug-likeness (QED) is 0.296. The molecule has 0 aliphatic carbocycles. The zero-order valence-electron chi connectivity index (χ0n) is 19.1. The van der Waals surface area contributed by atoms with Crippen LogP contribution in [0, 0.1) is 0 Å². The highest BCUT2D eigenvalue weighted by molar-refractivity contribution is 5.77. The van der Waals surface area contributed by atoms with E-state index in [-0.39, 0.29) is 0 Å². The largest absolute Gasteiger partial charge is 0.493 e. The number of benzene rings is 3. The Balaban J connectivity index is 1.36. The molecule has 0 spiro atoms. The number of anilines is 4. The number of nitrogens with two attached hydrogens (primary N) is 1. The van der Waals surface area contributed by atoms with Crippen molar-refractivity contribution in [3.8, 4) is 23.0 Å². The summed E-state index contributed by atoms with van der Waals surface area (Å²) in [5.74, 6) is 4.03. The monoisotopic (exact) mass is 457 g/mol. The minimum atomic E-state index is 0.444. The van der Waals surface area contributed by atoms with E-state index >= 15 is 0 Å². The van der Waals surface area contributed by atoms with Crippen LogP contribution < -0.4 is 30.6 Å². The van der Waals surface area contributed by atoms with Crippen LogP contribution in [-0.4, -0.2) is 30.7 Å². The van der Waals surface area contributed by atoms with Crippen molar-refractivity contribution in [2.45, 2.75) is 6.42 Å². The van der Waals surface area contributed by atoms with Gasteiger partial charge in [0.2, 0.25) is 0 Å². The standard InChI is InChI=1S/C26H27N5O3/c1-32-22-13-8-18(16-23(22)33-2)14-15-28-25-24(27)26(30-17-29-25)31-19-9-11-21(12-10-19)34-20-6-4-3-5-7-20/h3-13,16-17H,14-15,27H2,1-2H3,(H2,28,29,30,31). The molecule has 0 radical (unpaired) electrons. The Bertz CT molecular complexity index is 1220. The topological polar surface area (TPSA) is 104 Å². The van der Waals surface area contributed by atoms with Crippen molar-refractivity contribution in [3.63, 3.8) is 0 Å². The lowest BCUT2D eigenvalue weighted by atomic mass is 10.1. The fourth-order valence-electron chi connectivity index (χ4n) is 3.37. The van der Waals surface area contributed by atoms with Gasteiger partial charge in [0.05, 0.1) is 14.2 Å². The molecule has 0 amide bonds. The van der Waals surface area contributed by atoms with Crippen LogP contribution in [0.25, 0.3) is 0 Å². The maximum Gasteiger partial charge on any atom is 0.160 e. The van der Waals surface area contributed by atoms with Gasteiger partial charge in [0.1, 0.15) is 23.5 Å². The normalized spacial score (nSPS) is 10.4. The van der Waals surface area contributed by atoms with Crippen molar-refractivity contribution in [1.82, 2.24) is 9.97 Å². The summed E-state index contributed by atoms with van der Waals surface area (Å²) < 4.78 is 16.5. The van der Waals surface area contributed by atoms with Crippen molar-refractivity contribution in [2.75, 3.05) is 37.1 Å². The SMILES string of the molecule is COc1ccc(CCNc2ncnc(Nc3ccc(Oc4ccccc4)cc3)c2N)cc1OC. The number of hydrogen-bond acceptors (Lipinski definition) is 8. The van der Waals surface area contributed by atoms with Gasteiger partial charge in [0.25, 0.3) is 0 Å². The average Bonchev–Trinajstić information content (AvgIpc) is 2.88. The van der Waals surface area contributed by atoms with E-state index in [1.54, 1.807) is 14.2 Å². The van der Waals surface area contributed by atoms with Gasteiger partial charge in [0, 0.05) is 12.2 Å². The summed E-state index contributed by atoms with van der Waals surface area (Å²) in [6, 6.07) is 23.1. The zero-order valence-corrected chi connectivity index (χ0v) is 19.1. The predicted octanol–water partition coefficient (Wildman–Crippen LogP) is 5.27. The Morgan fingerprint density at radius 1 is 0.794 bits per heavy atom. The first-order valence-electron chi connectivity index (χ1n) is 10.8. The number of aromatic nitrogens is 2. The van der Waals surface area contributed by atoms with E-state index in [1.165, 1.54) is 6.33 Å². The third-order valence-corrected chi connectivity index (χ3v) is 5.13. The highest BCUT2D eigenvalue weighted by Crippen LogP contribution is 2.29. The van der Waals surface area contributed by atoms with Gasteiger partial charge in [-0.15, -0.1) is 0 Å². The molecule has 8 nitrogen and oxygen atoms in total. The van der Waals surface area contributed by atoms with E-state index in [4.69, 9.17) is 19.9 Å². The number of ether oxygens (including phenoxy) is 3. The van der Waals surface area contributed by atoms with Crippen LogP contribution >= 0.6 is 0 Å². The van der Waals surface area contributed by atoms with E-state index in [1.807, 2.05) is 72.8 Å². The maximum atomic E-state index is 6.32. The molecule has 34 heavy (non-hydrogen) atoms. The number of para-hydroxylation sites is 1. The van der Waals surface area contributed by atoms with Gasteiger partial charge in [-0.05, 0) is 60.5 Å². The zero-order chi connectivity index (χ0) is 23.8. The Morgan fingerprint density at radius 3 is 2.24 bits per heavy atom. The minimum Gasteiger partial charge on any atom is -0.493 e. The second kappa shape index (κ2) is 10.9. The summed E-state index contributed by atoms with van der Waals surface area (Å²) >= 11 is 0. The van der Waals surface area contributed by atoms with Crippen molar-refractivity contribution in [1.29, 1.82) is 0 Å². The first-order valence-corrected chi connectivity index (χ1v) is 10.8. The third-order valence-electron chi connectivity index (χ3n) is 5.13. The summed E-state index contributed by atoms with van der Waals surface area (Å²) in [5.41, 5.74) is 8.70. The summed E-state index contributed by atoms with van der Waals surface area (Å²) in [7, 11) is 3.25. The van der Waals surface area contributed by atoms with Gasteiger partial charge in [-0.2, -0.15) is 0 Å². The van der Waals surface area contributed by atoms with Gasteiger partial charge in [-0.3, -0.25) is 0 Å². The molecule has 0 aliphatic rings. The Labute approximate surface area is 198 Å². The number of rotatable bonds is 10. The van der Waals surface area contributed by atoms with E-state index < -0.39 is 0 Å². The van der Waals surface area contributed by atoms with Gasteiger partial charge in [-0.1, -0.05) is 24.3 Å². The number of nitrogens with one attached hydrogen (secondary N) is 2. The van der Waals surface area contributed by atoms with Crippen LogP contribution in [0.1, 0.15) is 5.56 Å². The van der Waals surface area contributed by atoms with Crippen molar-refractivity contribution >= 4 is 23.0 Å². The summed E-state index contributed by atoms with van der Waals surface area (Å²) in [6.07, 6.45) is 2.24. The Hall–Kier alpha value is -4.46. The molecule has 4 aromatic rings. The second-order valence-electron chi connectivity index (χ2n) is 7.42. The average molecular weight is 458 g/mol. The third kappa shape index (κ3) is 5.66. The van der Waals surface area contributed by atoms with Gasteiger partial charge >= 0.3 is 0 Å². The highest BCUT2D eigenvalue weighted by atomic mass is 16.5. The molecule has 1 heterocycles. The number of nitrogens with zero attached hydrogens (tertiary/aromatic N) is 2. The van der Waals surface area contributed by atoms with Crippen LogP contribution in [-0.2, 0) is 6.42 Å². The minimum absolute atomic E-state index is 0.444. The Morgan fingerprint density at radius 2 is 1.50 bits per heavy atom. The van der Waals surface area contributed by atoms with Crippen LogP contribution in [0.4, 0.5) is 23.0 Å². The van der Waals surface area contributed by atoms with E-state index in [2.05, 4.69) is 20.6 Å². The molecule has 3 aromatic carbocycles. The van der Waals surface area contributed by atoms with Crippen molar-refractivity contribution < 1.29 is 14.2 Å². The number of hydrogen-bond donors (Lipinski definition) is 3. The lowest BCUT2D eigenvalue weighted by Crippen LogP contribution is -2.10. The fraction of sp³-hybridized carbons (Fsp3) is 0.154. The van der Waals surface area contributed by atoms with Crippen LogP contribution in [0.5, 0.6) is 23.0 Å². The summed E-state index contributed by atoms with van der Waals surface area (Å²) in [5, 5.41) is 6.52. The molecule has 0 saturated carbocycles. The van der Waals surface area contributed by atoms with Crippen molar-refractivity contribution in [3.05, 3.63) is 84.7 Å². The van der Waals surface area contributed by atoms with Gasteiger partial charge in [0.15, 0.2) is 23.1 Å². The first-order chi connectivity index (χ1) is 16.7. The van der Waals surface area contributed by atoms with Gasteiger partial charge in [-0.25, -0.2) is 9.97 Å². The van der Waals surface area contributed by atoms with E-state index in [0.29, 0.717) is 35.4 Å². The molecule has 1 aromatic heterocycles. The lowest BCUT2D eigenvalue weighted by Gasteiger charge is -2.13. The summed E-state index contributed by atoms with van der Waals surface area (Å²) in [4.78, 5) is 8.57. The van der Waals surface area contributed by atoms with Gasteiger partial charge < -0.3 is 30.6 Å². The predicted molar refractivity (Wildman–Crippen MR) is 134 cm³/mol. The van der Waals surface area contributed by atoms with Crippen LogP contribution in [0.3, 0.4) is 0 Å². The first kappa shape index (κ1) is 22.7. The molecule has 4 rings (SSSR count). The molecule has 174 valence electrons. The molecular formula is C26H27N5O3. The molecule has 0 fully saturated rings. The molecule has 0 aliphatic heterocycles. The fourth-order valence-corrected chi connectivity index (χ4v) is 3.37. The van der Waals surface area contributed by atoms with E-state index in [9.17, 15) is 0 Å². The number of nitrogen functional groups attached to an aromatic ring is 1. The van der Waals surface area contributed by atoms with Crippen LogP contribution in [0.2, 0.25) is 0 Å². The second-order valence-corrected chi connectivity index (χ2v) is 7.42. The molecule has 0 atom stereocenters. The maximum absolute atomic E-state index is 6.32. The number of methoxy groups -OCH3 is 2. The Kier molecular flexibility index (Phi) is 7.29. The van der Waals surface area contributed by atoms with E-state index in [0.717, 1.165) is 29.2 Å². The lowest BCUT2D eigenvalue weighted by molar-refractivity contribution is 0.354. The molecule has 0 saturated heterocycles. The molecule has 4 N–H and O–H groups in total. The molecule has 0 unspecified atom stereocenters. The highest BCUT2D eigenvalue weighted by Gasteiger charge is 2.09. The molecule has 8 heteroatoms. The van der Waals surface area contributed by atoms with Crippen molar-refractivity contribution in [2.24, 2.45) is 0 Å². The van der Waals surface area contributed by atoms with Crippen LogP contribution in [0.15, 0.2) is 79.1 Å². The molecular weight excluding hydrogens is 430 g/mol. The smallest absolute Gasteiger partial charge is 0.160 e. The summed E-state index contributed by atoms with van der Waals surface area (Å²) in [6.45, 7) is 0.641.